The number of anilines is 2. The summed E-state index contributed by atoms with van der Waals surface area (Å²) in [6, 6.07) is 24.8. The number of nitriles is 1. The van der Waals surface area contributed by atoms with E-state index in [9.17, 15) is 14.9 Å². The lowest BCUT2D eigenvalue weighted by atomic mass is 10.0. The van der Waals surface area contributed by atoms with Crippen molar-refractivity contribution in [2.24, 2.45) is 0 Å². The number of methoxy groups -OCH3 is 1. The average molecular weight is 478 g/mol. The summed E-state index contributed by atoms with van der Waals surface area (Å²) in [7, 11) is 1.46. The van der Waals surface area contributed by atoms with Gasteiger partial charge in [-0.15, -0.1) is 0 Å². The smallest absolute Gasteiger partial charge is 0.278 e. The van der Waals surface area contributed by atoms with Crippen molar-refractivity contribution in [3.8, 4) is 11.8 Å². The molecule has 0 saturated carbocycles. The highest BCUT2D eigenvalue weighted by Gasteiger charge is 2.30. The van der Waals surface area contributed by atoms with Crippen molar-refractivity contribution in [1.29, 1.82) is 5.26 Å². The van der Waals surface area contributed by atoms with Crippen molar-refractivity contribution in [2.45, 2.75) is 13.0 Å². The Balaban J connectivity index is 1.34. The summed E-state index contributed by atoms with van der Waals surface area (Å²) in [6.07, 6.45) is 2.29. The van der Waals surface area contributed by atoms with Crippen molar-refractivity contribution in [1.82, 2.24) is 9.78 Å². The summed E-state index contributed by atoms with van der Waals surface area (Å²) in [6.45, 7) is 0.979. The van der Waals surface area contributed by atoms with Gasteiger partial charge in [0, 0.05) is 17.8 Å². The molecule has 0 unspecified atom stereocenters. The highest BCUT2D eigenvalue weighted by Crippen LogP contribution is 2.27. The van der Waals surface area contributed by atoms with Crippen LogP contribution in [0.15, 0.2) is 79.0 Å². The van der Waals surface area contributed by atoms with Crippen molar-refractivity contribution in [3.63, 3.8) is 0 Å². The van der Waals surface area contributed by atoms with Gasteiger partial charge in [-0.1, -0.05) is 42.5 Å². The summed E-state index contributed by atoms with van der Waals surface area (Å²) in [5.74, 6) is -0.296. The van der Waals surface area contributed by atoms with Gasteiger partial charge in [-0.25, -0.2) is 0 Å². The third kappa shape index (κ3) is 4.42. The van der Waals surface area contributed by atoms with Crippen LogP contribution >= 0.6 is 0 Å². The monoisotopic (exact) mass is 477 g/mol. The molecule has 178 valence electrons. The Hall–Kier alpha value is -4.90. The number of benzene rings is 3. The number of ether oxygens (including phenoxy) is 1. The molecule has 3 aromatic carbocycles. The van der Waals surface area contributed by atoms with Crippen LogP contribution in [0.2, 0.25) is 0 Å². The van der Waals surface area contributed by atoms with E-state index in [0.29, 0.717) is 30.2 Å². The van der Waals surface area contributed by atoms with Crippen LogP contribution in [-0.4, -0.2) is 35.2 Å². The molecule has 1 aromatic heterocycles. The highest BCUT2D eigenvalue weighted by atomic mass is 16.5. The first-order valence-electron chi connectivity index (χ1n) is 11.5. The van der Waals surface area contributed by atoms with Gasteiger partial charge in [0.2, 0.25) is 0 Å². The van der Waals surface area contributed by atoms with Crippen molar-refractivity contribution < 1.29 is 14.3 Å². The van der Waals surface area contributed by atoms with Gasteiger partial charge in [0.1, 0.15) is 17.5 Å². The third-order valence-electron chi connectivity index (χ3n) is 6.15. The topological polar surface area (TPSA) is 100 Å². The Morgan fingerprint density at radius 1 is 1.06 bits per heavy atom. The number of amides is 2. The van der Waals surface area contributed by atoms with Crippen LogP contribution in [0.4, 0.5) is 11.4 Å². The van der Waals surface area contributed by atoms with Gasteiger partial charge in [-0.3, -0.25) is 14.3 Å². The molecule has 8 heteroatoms. The lowest BCUT2D eigenvalue weighted by Crippen LogP contribution is -2.41. The van der Waals surface area contributed by atoms with E-state index in [1.54, 1.807) is 21.7 Å². The molecule has 0 fully saturated rings. The van der Waals surface area contributed by atoms with Crippen LogP contribution in [0, 0.1) is 11.3 Å². The van der Waals surface area contributed by atoms with Crippen LogP contribution in [0.5, 0.6) is 5.75 Å². The number of rotatable bonds is 6. The maximum atomic E-state index is 13.4. The molecule has 36 heavy (non-hydrogen) atoms. The normalized spacial score (nSPS) is 12.6. The van der Waals surface area contributed by atoms with Gasteiger partial charge in [0.15, 0.2) is 0 Å². The Morgan fingerprint density at radius 2 is 1.81 bits per heavy atom. The molecule has 5 rings (SSSR count). The summed E-state index contributed by atoms with van der Waals surface area (Å²) < 4.78 is 6.74. The van der Waals surface area contributed by atoms with Crippen LogP contribution in [0.3, 0.4) is 0 Å². The van der Waals surface area contributed by atoms with Crippen LogP contribution in [-0.2, 0) is 13.0 Å². The molecule has 2 heterocycles. The molecule has 0 bridgehead atoms. The predicted molar refractivity (Wildman–Crippen MR) is 135 cm³/mol. The number of nitrogens with one attached hydrogen (secondary N) is 1. The molecule has 0 atom stereocenters. The summed E-state index contributed by atoms with van der Waals surface area (Å²) in [4.78, 5) is 28.0. The Morgan fingerprint density at radius 3 is 2.53 bits per heavy atom. The zero-order valence-corrected chi connectivity index (χ0v) is 19.6. The number of aromatic nitrogens is 2. The fourth-order valence-electron chi connectivity index (χ4n) is 4.30. The molecular formula is C28H23N5O3. The molecule has 4 aromatic rings. The molecule has 1 aliphatic heterocycles. The maximum absolute atomic E-state index is 13.4. The van der Waals surface area contributed by atoms with Gasteiger partial charge < -0.3 is 15.0 Å². The zero-order valence-electron chi connectivity index (χ0n) is 19.6. The average Bonchev–Trinajstić information content (AvgIpc) is 3.33. The van der Waals surface area contributed by atoms with Crippen LogP contribution in [0.25, 0.3) is 0 Å². The van der Waals surface area contributed by atoms with E-state index >= 15 is 0 Å². The highest BCUT2D eigenvalue weighted by molar-refractivity contribution is 6.13. The first kappa shape index (κ1) is 22.9. The van der Waals surface area contributed by atoms with Crippen LogP contribution < -0.4 is 15.0 Å². The minimum Gasteiger partial charge on any atom is -0.495 e. The molecule has 2 amide bonds. The molecule has 8 nitrogen and oxygen atoms in total. The predicted octanol–water partition coefficient (Wildman–Crippen LogP) is 4.27. The van der Waals surface area contributed by atoms with E-state index in [2.05, 4.69) is 22.5 Å². The van der Waals surface area contributed by atoms with Gasteiger partial charge >= 0.3 is 0 Å². The second kappa shape index (κ2) is 9.76. The lowest BCUT2D eigenvalue weighted by molar-refractivity contribution is 0.0963. The number of hydrogen-bond donors (Lipinski definition) is 1. The third-order valence-corrected chi connectivity index (χ3v) is 6.15. The maximum Gasteiger partial charge on any atom is 0.278 e. The van der Waals surface area contributed by atoms with Gasteiger partial charge in [-0.05, 0) is 47.9 Å². The second-order valence-corrected chi connectivity index (χ2v) is 8.40. The van der Waals surface area contributed by atoms with E-state index < -0.39 is 5.91 Å². The van der Waals surface area contributed by atoms with Gasteiger partial charge in [-0.2, -0.15) is 10.4 Å². The minimum absolute atomic E-state index is 0.239. The SMILES string of the molecule is COc1ccc(C(=O)Nc2cnn3c2C(=O)N(c2ccc(Cc4ccccc4)cc2)CC3)cc1C#N. The molecule has 1 N–H and O–H groups in total. The van der Waals surface area contributed by atoms with Crippen LogP contribution in [0.1, 0.15) is 37.5 Å². The van der Waals surface area contributed by atoms with E-state index in [1.165, 1.54) is 24.9 Å². The number of carbonyl (C=O) groups is 2. The van der Waals surface area contributed by atoms with Crippen molar-refractivity contribution in [3.05, 3.63) is 107 Å². The summed E-state index contributed by atoms with van der Waals surface area (Å²) in [5, 5.41) is 16.4. The van der Waals surface area contributed by atoms with E-state index in [0.717, 1.165) is 17.7 Å². The molecule has 0 spiro atoms. The standard InChI is InChI=1S/C28H23N5O3/c1-36-25-12-9-21(16-22(25)17-29)27(34)31-24-18-30-33-14-13-32(28(35)26(24)33)23-10-7-20(8-11-23)15-19-5-3-2-4-6-19/h2-12,16,18H,13-15H2,1H3,(H,31,34). The van der Waals surface area contributed by atoms with E-state index in [4.69, 9.17) is 4.74 Å². The van der Waals surface area contributed by atoms with Gasteiger partial charge in [0.25, 0.3) is 11.8 Å². The van der Waals surface area contributed by atoms with Crippen molar-refractivity contribution in [2.75, 3.05) is 23.9 Å². The summed E-state index contributed by atoms with van der Waals surface area (Å²) in [5.41, 5.74) is 4.34. The summed E-state index contributed by atoms with van der Waals surface area (Å²) >= 11 is 0. The quantitative estimate of drug-likeness (QED) is 0.447. The molecule has 1 aliphatic rings. The Labute approximate surface area is 208 Å². The first-order chi connectivity index (χ1) is 17.6. The fourth-order valence-corrected chi connectivity index (χ4v) is 4.30. The lowest BCUT2D eigenvalue weighted by Gasteiger charge is -2.28. The minimum atomic E-state index is -0.444. The molecular weight excluding hydrogens is 454 g/mol. The fraction of sp³-hybridized carbons (Fsp3) is 0.143. The number of hydrogen-bond acceptors (Lipinski definition) is 5. The number of carbonyl (C=O) groups excluding carboxylic acids is 2. The van der Waals surface area contributed by atoms with E-state index in [1.807, 2.05) is 48.5 Å². The van der Waals surface area contributed by atoms with E-state index in [-0.39, 0.29) is 17.0 Å². The number of fused-ring (bicyclic) bond motifs is 1. The zero-order chi connectivity index (χ0) is 25.1. The Bertz CT molecular complexity index is 1470. The second-order valence-electron chi connectivity index (χ2n) is 8.40. The number of nitrogens with zero attached hydrogens (tertiary/aromatic N) is 4. The first-order valence-corrected chi connectivity index (χ1v) is 11.5. The van der Waals surface area contributed by atoms with Crippen molar-refractivity contribution >= 4 is 23.2 Å². The van der Waals surface area contributed by atoms with Gasteiger partial charge in [0.05, 0.1) is 31.1 Å². The molecule has 0 radical (unpaired) electrons. The Kier molecular flexibility index (Phi) is 6.20. The molecule has 0 aliphatic carbocycles. The largest absolute Gasteiger partial charge is 0.495 e. The molecule has 0 saturated heterocycles.